The van der Waals surface area contributed by atoms with Crippen LogP contribution < -0.4 is 11.2 Å². The van der Waals surface area contributed by atoms with E-state index in [1.165, 1.54) is 21.4 Å². The van der Waals surface area contributed by atoms with Gasteiger partial charge in [-0.3, -0.25) is 9.36 Å². The van der Waals surface area contributed by atoms with Crippen LogP contribution in [0.1, 0.15) is 13.3 Å². The maximum Gasteiger partial charge on any atom is 0.331 e. The molecule has 0 spiro atoms. The van der Waals surface area contributed by atoms with E-state index < -0.39 is 0 Å². The molecule has 1 aromatic rings. The zero-order valence-corrected chi connectivity index (χ0v) is 8.49. The van der Waals surface area contributed by atoms with Crippen molar-refractivity contribution < 1.29 is 0 Å². The first kappa shape index (κ1) is 10.5. The fourth-order valence-electron chi connectivity index (χ4n) is 1.09. The summed E-state index contributed by atoms with van der Waals surface area (Å²) in [4.78, 5) is 22.9. The quantitative estimate of drug-likeness (QED) is 0.658. The Hall–Kier alpha value is -1.58. The molecule has 0 aliphatic carbocycles. The van der Waals surface area contributed by atoms with E-state index in [2.05, 4.69) is 6.58 Å². The Bertz CT molecular complexity index is 454. The largest absolute Gasteiger partial charge is 0.331 e. The van der Waals surface area contributed by atoms with Gasteiger partial charge in [0.1, 0.15) is 0 Å². The van der Waals surface area contributed by atoms with Crippen LogP contribution in [0, 0.1) is 0 Å². The summed E-state index contributed by atoms with van der Waals surface area (Å²) in [5.74, 6) is 0. The Morgan fingerprint density at radius 3 is 2.71 bits per heavy atom. The van der Waals surface area contributed by atoms with Crippen LogP contribution in [-0.4, -0.2) is 9.13 Å². The molecule has 0 radical (unpaired) electrons. The zero-order chi connectivity index (χ0) is 10.7. The van der Waals surface area contributed by atoms with Gasteiger partial charge in [0.2, 0.25) is 0 Å². The molecule has 1 aromatic heterocycles. The smallest absolute Gasteiger partial charge is 0.303 e. The van der Waals surface area contributed by atoms with Gasteiger partial charge < -0.3 is 4.57 Å². The highest BCUT2D eigenvalue weighted by Crippen LogP contribution is 1.96. The monoisotopic (exact) mass is 194 g/mol. The van der Waals surface area contributed by atoms with Crippen LogP contribution in [0.5, 0.6) is 0 Å². The summed E-state index contributed by atoms with van der Waals surface area (Å²) in [7, 11) is 1.62. The first-order valence-electron chi connectivity index (χ1n) is 4.49. The van der Waals surface area contributed by atoms with Crippen molar-refractivity contribution in [3.63, 3.8) is 0 Å². The summed E-state index contributed by atoms with van der Waals surface area (Å²) in [6.45, 7) is 6.03. The molecule has 0 aliphatic rings. The van der Waals surface area contributed by atoms with Gasteiger partial charge in [-0.1, -0.05) is 19.1 Å². The number of nitrogens with zero attached hydrogens (tertiary/aromatic N) is 2. The number of hydrogen-bond acceptors (Lipinski definition) is 2. The highest BCUT2D eigenvalue weighted by molar-refractivity contribution is 4.96. The van der Waals surface area contributed by atoms with Gasteiger partial charge in [-0.2, -0.15) is 0 Å². The molecule has 0 amide bonds. The van der Waals surface area contributed by atoms with E-state index in [4.69, 9.17) is 0 Å². The van der Waals surface area contributed by atoms with Crippen molar-refractivity contribution in [2.45, 2.75) is 19.9 Å². The zero-order valence-electron chi connectivity index (χ0n) is 8.49. The molecular weight excluding hydrogens is 180 g/mol. The maximum absolute atomic E-state index is 11.5. The number of allylic oxidation sites excluding steroid dienone is 1. The maximum atomic E-state index is 11.5. The second kappa shape index (κ2) is 4.09. The molecule has 0 atom stereocenters. The Balaban J connectivity index is 3.20. The molecule has 0 N–H and O–H groups in total. The molecular formula is C10H14N2O2. The van der Waals surface area contributed by atoms with Crippen LogP contribution in [0.25, 0.3) is 0 Å². The number of rotatable bonds is 3. The average molecular weight is 194 g/mol. The molecule has 0 aliphatic heterocycles. The molecule has 0 saturated heterocycles. The van der Waals surface area contributed by atoms with Crippen molar-refractivity contribution in [3.8, 4) is 0 Å². The van der Waals surface area contributed by atoms with Crippen molar-refractivity contribution in [1.29, 1.82) is 0 Å². The minimum absolute atomic E-state index is 0.275. The number of hydrogen-bond donors (Lipinski definition) is 0. The molecule has 0 aromatic carbocycles. The minimum Gasteiger partial charge on any atom is -0.303 e. The highest BCUT2D eigenvalue weighted by Gasteiger charge is 2.02. The van der Waals surface area contributed by atoms with Crippen LogP contribution in [0.4, 0.5) is 0 Å². The van der Waals surface area contributed by atoms with Gasteiger partial charge in [0.05, 0.1) is 6.54 Å². The Morgan fingerprint density at radius 1 is 1.50 bits per heavy atom. The van der Waals surface area contributed by atoms with Gasteiger partial charge in [0, 0.05) is 19.3 Å². The van der Waals surface area contributed by atoms with Crippen molar-refractivity contribution in [3.05, 3.63) is 45.3 Å². The van der Waals surface area contributed by atoms with Crippen LogP contribution in [0.2, 0.25) is 0 Å². The van der Waals surface area contributed by atoms with E-state index >= 15 is 0 Å². The second-order valence-electron chi connectivity index (χ2n) is 3.24. The molecule has 0 saturated carbocycles. The van der Waals surface area contributed by atoms with Crippen molar-refractivity contribution in [1.82, 2.24) is 9.13 Å². The Morgan fingerprint density at radius 2 is 2.14 bits per heavy atom. The minimum atomic E-state index is -0.299. The van der Waals surface area contributed by atoms with E-state index in [1.54, 1.807) is 7.05 Å². The number of aryl methyl sites for hydroxylation is 1. The summed E-state index contributed by atoms with van der Waals surface area (Å²) >= 11 is 0. The van der Waals surface area contributed by atoms with E-state index in [0.29, 0.717) is 6.54 Å². The molecule has 1 heterocycles. The van der Waals surface area contributed by atoms with Gasteiger partial charge in [0.15, 0.2) is 0 Å². The third-order valence-electron chi connectivity index (χ3n) is 2.12. The van der Waals surface area contributed by atoms with Gasteiger partial charge in [-0.05, 0) is 6.42 Å². The summed E-state index contributed by atoms with van der Waals surface area (Å²) in [5.41, 5.74) is 0.296. The predicted octanol–water partition coefficient (Wildman–Crippen LogP) is 0.513. The third-order valence-corrected chi connectivity index (χ3v) is 2.12. The van der Waals surface area contributed by atoms with Gasteiger partial charge in [-0.25, -0.2) is 4.79 Å². The molecule has 0 bridgehead atoms. The molecule has 0 fully saturated rings. The van der Waals surface area contributed by atoms with Crippen LogP contribution in [0.15, 0.2) is 34.0 Å². The molecule has 14 heavy (non-hydrogen) atoms. The topological polar surface area (TPSA) is 44.0 Å². The van der Waals surface area contributed by atoms with E-state index in [0.717, 1.165) is 12.0 Å². The molecule has 1 rings (SSSR count). The predicted molar refractivity (Wildman–Crippen MR) is 55.4 cm³/mol. The highest BCUT2D eigenvalue weighted by atomic mass is 16.2. The van der Waals surface area contributed by atoms with Crippen LogP contribution in [0.3, 0.4) is 0 Å². The fourth-order valence-corrected chi connectivity index (χ4v) is 1.09. The summed E-state index contributed by atoms with van der Waals surface area (Å²) in [5, 5.41) is 0. The van der Waals surface area contributed by atoms with Gasteiger partial charge >= 0.3 is 5.69 Å². The number of aromatic nitrogens is 2. The molecule has 0 unspecified atom stereocenters. The van der Waals surface area contributed by atoms with E-state index in [-0.39, 0.29) is 11.2 Å². The lowest BCUT2D eigenvalue weighted by Crippen LogP contribution is -2.38. The standard InChI is InChI=1S/C10H14N2O2/c1-4-8(2)7-12-9(13)5-6-11(3)10(12)14/h5-6H,2,4,7H2,1,3H3. The van der Waals surface area contributed by atoms with Crippen molar-refractivity contribution in [2.24, 2.45) is 7.05 Å². The SMILES string of the molecule is C=C(CC)Cn1c(=O)ccn(C)c1=O. The van der Waals surface area contributed by atoms with Crippen LogP contribution >= 0.6 is 0 Å². The van der Waals surface area contributed by atoms with Crippen LogP contribution in [-0.2, 0) is 13.6 Å². The fraction of sp³-hybridized carbons (Fsp3) is 0.400. The normalized spacial score (nSPS) is 10.1. The lowest BCUT2D eigenvalue weighted by atomic mass is 10.2. The lowest BCUT2D eigenvalue weighted by Gasteiger charge is -2.06. The van der Waals surface area contributed by atoms with E-state index in [9.17, 15) is 9.59 Å². The summed E-state index contributed by atoms with van der Waals surface area (Å²) in [6.07, 6.45) is 2.24. The van der Waals surface area contributed by atoms with Gasteiger partial charge in [-0.15, -0.1) is 0 Å². The van der Waals surface area contributed by atoms with Gasteiger partial charge in [0.25, 0.3) is 5.56 Å². The van der Waals surface area contributed by atoms with Crippen molar-refractivity contribution >= 4 is 0 Å². The average Bonchev–Trinajstić information content (AvgIpc) is 2.18. The van der Waals surface area contributed by atoms with E-state index in [1.807, 2.05) is 6.92 Å². The van der Waals surface area contributed by atoms with Crippen molar-refractivity contribution in [2.75, 3.05) is 0 Å². The first-order chi connectivity index (χ1) is 6.56. The Kier molecular flexibility index (Phi) is 3.06. The lowest BCUT2D eigenvalue weighted by molar-refractivity contribution is 0.626. The molecule has 76 valence electrons. The molecule has 4 nitrogen and oxygen atoms in total. The first-order valence-corrected chi connectivity index (χ1v) is 4.49. The summed E-state index contributed by atoms with van der Waals surface area (Å²) < 4.78 is 2.57. The third kappa shape index (κ3) is 2.02. The summed E-state index contributed by atoms with van der Waals surface area (Å²) in [6, 6.07) is 1.38. The molecule has 4 heteroatoms. The second-order valence-corrected chi connectivity index (χ2v) is 3.24. The Labute approximate surface area is 82.1 Å².